The molecule has 0 N–H and O–H groups in total. The fourth-order valence-corrected chi connectivity index (χ4v) is 3.65. The molecule has 0 aliphatic carbocycles. The molecule has 5 nitrogen and oxygen atoms in total. The third-order valence-electron chi connectivity index (χ3n) is 5.14. The van der Waals surface area contributed by atoms with E-state index < -0.39 is 0 Å². The molecule has 1 aromatic heterocycles. The molecule has 2 saturated heterocycles. The van der Waals surface area contributed by atoms with Crippen LogP contribution in [0.5, 0.6) is 0 Å². The molecule has 4 rings (SSSR count). The van der Waals surface area contributed by atoms with Crippen molar-refractivity contribution in [2.24, 2.45) is 0 Å². The highest BCUT2D eigenvalue weighted by atomic mass is 19.1. The Labute approximate surface area is 153 Å². The first-order chi connectivity index (χ1) is 12.7. The van der Waals surface area contributed by atoms with E-state index in [0.29, 0.717) is 18.8 Å². The lowest BCUT2D eigenvalue weighted by Gasteiger charge is -2.36. The van der Waals surface area contributed by atoms with E-state index in [4.69, 9.17) is 0 Å². The van der Waals surface area contributed by atoms with Crippen LogP contribution in [0.4, 0.5) is 15.9 Å². The highest BCUT2D eigenvalue weighted by molar-refractivity contribution is 5.92. The fourth-order valence-electron chi connectivity index (χ4n) is 3.65. The number of aromatic nitrogens is 1. The second-order valence-electron chi connectivity index (χ2n) is 6.83. The van der Waals surface area contributed by atoms with Gasteiger partial charge in [0.25, 0.3) is 5.91 Å². The average molecular weight is 354 g/mol. The first-order valence-electron chi connectivity index (χ1n) is 9.22. The molecule has 2 aromatic rings. The van der Waals surface area contributed by atoms with Gasteiger partial charge in [-0.15, -0.1) is 0 Å². The Morgan fingerprint density at radius 2 is 1.54 bits per heavy atom. The Balaban J connectivity index is 1.40. The van der Waals surface area contributed by atoms with E-state index in [1.807, 2.05) is 17.0 Å². The molecule has 6 heteroatoms. The highest BCUT2D eigenvalue weighted by Gasteiger charge is 2.24. The second kappa shape index (κ2) is 7.32. The van der Waals surface area contributed by atoms with E-state index in [2.05, 4.69) is 14.8 Å². The normalized spacial score (nSPS) is 17.7. The van der Waals surface area contributed by atoms with Gasteiger partial charge >= 0.3 is 0 Å². The van der Waals surface area contributed by atoms with Crippen molar-refractivity contribution in [3.05, 3.63) is 54.0 Å². The van der Waals surface area contributed by atoms with Crippen molar-refractivity contribution in [2.75, 3.05) is 49.1 Å². The van der Waals surface area contributed by atoms with Gasteiger partial charge in [-0.1, -0.05) is 6.07 Å². The number of benzene rings is 1. The number of carbonyl (C=O) groups excluding carboxylic acids is 1. The van der Waals surface area contributed by atoms with Crippen LogP contribution >= 0.6 is 0 Å². The molecule has 26 heavy (non-hydrogen) atoms. The molecule has 1 amide bonds. The zero-order chi connectivity index (χ0) is 17.9. The molecule has 3 heterocycles. The second-order valence-corrected chi connectivity index (χ2v) is 6.83. The minimum Gasteiger partial charge on any atom is -0.368 e. The first kappa shape index (κ1) is 16.8. The molecule has 0 saturated carbocycles. The summed E-state index contributed by atoms with van der Waals surface area (Å²) in [5, 5.41) is 0. The van der Waals surface area contributed by atoms with Gasteiger partial charge in [-0.2, -0.15) is 0 Å². The van der Waals surface area contributed by atoms with Crippen LogP contribution in [-0.4, -0.2) is 55.1 Å². The molecule has 2 fully saturated rings. The summed E-state index contributed by atoms with van der Waals surface area (Å²) >= 11 is 0. The van der Waals surface area contributed by atoms with Crippen molar-refractivity contribution in [1.82, 2.24) is 9.88 Å². The standard InChI is InChI=1S/C20H23FN4O/c21-16-6-8-17(9-7-16)23-12-14-25(15-13-23)20(26)18-4-3-5-19(22-18)24-10-1-2-11-24/h3-9H,1-2,10-15H2. The van der Waals surface area contributed by atoms with Crippen LogP contribution in [0.1, 0.15) is 23.3 Å². The maximum atomic E-state index is 13.1. The van der Waals surface area contributed by atoms with Crippen molar-refractivity contribution in [1.29, 1.82) is 0 Å². The van der Waals surface area contributed by atoms with Gasteiger partial charge in [0.2, 0.25) is 0 Å². The third kappa shape index (κ3) is 3.49. The van der Waals surface area contributed by atoms with E-state index in [0.717, 1.165) is 37.7 Å². The monoisotopic (exact) mass is 354 g/mol. The number of rotatable bonds is 3. The smallest absolute Gasteiger partial charge is 0.272 e. The number of anilines is 2. The molecular weight excluding hydrogens is 331 g/mol. The number of carbonyl (C=O) groups is 1. The number of amides is 1. The lowest BCUT2D eigenvalue weighted by molar-refractivity contribution is 0.0741. The van der Waals surface area contributed by atoms with Crippen LogP contribution in [0.2, 0.25) is 0 Å². The molecule has 2 aliphatic heterocycles. The molecule has 0 radical (unpaired) electrons. The topological polar surface area (TPSA) is 39.7 Å². The Bertz CT molecular complexity index is 766. The van der Waals surface area contributed by atoms with Gasteiger partial charge in [-0.05, 0) is 49.2 Å². The number of pyridine rings is 1. The fraction of sp³-hybridized carbons (Fsp3) is 0.400. The molecule has 1 aromatic carbocycles. The molecule has 0 bridgehead atoms. The summed E-state index contributed by atoms with van der Waals surface area (Å²) in [5.74, 6) is 0.662. The largest absolute Gasteiger partial charge is 0.368 e. The number of halogens is 1. The zero-order valence-corrected chi connectivity index (χ0v) is 14.8. The summed E-state index contributed by atoms with van der Waals surface area (Å²) in [6.45, 7) is 4.80. The lowest BCUT2D eigenvalue weighted by Crippen LogP contribution is -2.49. The Morgan fingerprint density at radius 1 is 0.846 bits per heavy atom. The number of hydrogen-bond donors (Lipinski definition) is 0. The quantitative estimate of drug-likeness (QED) is 0.850. The molecule has 136 valence electrons. The van der Waals surface area contributed by atoms with Gasteiger partial charge in [0, 0.05) is 45.0 Å². The Hall–Kier alpha value is -2.63. The molecule has 0 spiro atoms. The van der Waals surface area contributed by atoms with E-state index in [1.54, 1.807) is 18.2 Å². The first-order valence-corrected chi connectivity index (χ1v) is 9.22. The highest BCUT2D eigenvalue weighted by Crippen LogP contribution is 2.20. The van der Waals surface area contributed by atoms with Crippen molar-refractivity contribution < 1.29 is 9.18 Å². The van der Waals surface area contributed by atoms with E-state index in [9.17, 15) is 9.18 Å². The molecular formula is C20H23FN4O. The minimum absolute atomic E-state index is 0.00944. The van der Waals surface area contributed by atoms with Crippen LogP contribution in [0, 0.1) is 5.82 Å². The average Bonchev–Trinajstić information content (AvgIpc) is 3.23. The summed E-state index contributed by atoms with van der Waals surface area (Å²) in [4.78, 5) is 23.7. The van der Waals surface area contributed by atoms with Crippen molar-refractivity contribution in [3.8, 4) is 0 Å². The predicted octanol–water partition coefficient (Wildman–Crippen LogP) is 2.78. The summed E-state index contributed by atoms with van der Waals surface area (Å²) in [6.07, 6.45) is 2.37. The minimum atomic E-state index is -0.230. The van der Waals surface area contributed by atoms with Crippen molar-refractivity contribution in [2.45, 2.75) is 12.8 Å². The van der Waals surface area contributed by atoms with Crippen molar-refractivity contribution in [3.63, 3.8) is 0 Å². The van der Waals surface area contributed by atoms with E-state index in [-0.39, 0.29) is 11.7 Å². The van der Waals surface area contributed by atoms with Crippen molar-refractivity contribution >= 4 is 17.4 Å². The SMILES string of the molecule is O=C(c1cccc(N2CCCC2)n1)N1CCN(c2ccc(F)cc2)CC1. The van der Waals surface area contributed by atoms with Gasteiger partial charge in [-0.25, -0.2) is 9.37 Å². The summed E-state index contributed by atoms with van der Waals surface area (Å²) in [5.41, 5.74) is 1.51. The Morgan fingerprint density at radius 3 is 2.23 bits per heavy atom. The van der Waals surface area contributed by atoms with Gasteiger partial charge in [0.15, 0.2) is 0 Å². The number of hydrogen-bond acceptors (Lipinski definition) is 4. The molecule has 0 unspecified atom stereocenters. The summed E-state index contributed by atoms with van der Waals surface area (Å²) in [6, 6.07) is 12.2. The predicted molar refractivity (Wildman–Crippen MR) is 100 cm³/mol. The van der Waals surface area contributed by atoms with Gasteiger partial charge in [0.05, 0.1) is 0 Å². The summed E-state index contributed by atoms with van der Waals surface area (Å²) < 4.78 is 13.1. The van der Waals surface area contributed by atoms with Crippen LogP contribution in [0.25, 0.3) is 0 Å². The van der Waals surface area contributed by atoms with Crippen LogP contribution in [0.15, 0.2) is 42.5 Å². The molecule has 2 aliphatic rings. The third-order valence-corrected chi connectivity index (χ3v) is 5.14. The molecule has 0 atom stereocenters. The Kier molecular flexibility index (Phi) is 4.73. The van der Waals surface area contributed by atoms with E-state index in [1.165, 1.54) is 25.0 Å². The zero-order valence-electron chi connectivity index (χ0n) is 14.8. The lowest BCUT2D eigenvalue weighted by atomic mass is 10.2. The van der Waals surface area contributed by atoms with Crippen LogP contribution in [0.3, 0.4) is 0 Å². The van der Waals surface area contributed by atoms with Gasteiger partial charge in [0.1, 0.15) is 17.3 Å². The van der Waals surface area contributed by atoms with Crippen LogP contribution in [-0.2, 0) is 0 Å². The maximum absolute atomic E-state index is 13.1. The number of nitrogens with zero attached hydrogens (tertiary/aromatic N) is 4. The summed E-state index contributed by atoms with van der Waals surface area (Å²) in [7, 11) is 0. The van der Waals surface area contributed by atoms with Crippen LogP contribution < -0.4 is 9.80 Å². The van der Waals surface area contributed by atoms with Gasteiger partial charge in [-0.3, -0.25) is 4.79 Å². The number of piperazine rings is 1. The maximum Gasteiger partial charge on any atom is 0.272 e. The van der Waals surface area contributed by atoms with E-state index >= 15 is 0 Å². The van der Waals surface area contributed by atoms with Gasteiger partial charge < -0.3 is 14.7 Å².